The Balaban J connectivity index is 0.000000956. The Hall–Kier alpha value is -1.14. The molecule has 1 aromatic rings. The molecule has 5 nitrogen and oxygen atoms in total. The summed E-state index contributed by atoms with van der Waals surface area (Å²) in [5, 5.41) is 7.87. The van der Waals surface area contributed by atoms with E-state index in [2.05, 4.69) is 4.98 Å². The van der Waals surface area contributed by atoms with Crippen LogP contribution in [-0.2, 0) is 11.2 Å². The van der Waals surface area contributed by atoms with Gasteiger partial charge in [0.25, 0.3) is 0 Å². The van der Waals surface area contributed by atoms with Gasteiger partial charge in [0.05, 0.1) is 16.1 Å². The monoisotopic (exact) mass is 317 g/mol. The van der Waals surface area contributed by atoms with Crippen molar-refractivity contribution in [3.8, 4) is 0 Å². The summed E-state index contributed by atoms with van der Waals surface area (Å²) in [5.41, 5.74) is 6.58. The quantitative estimate of drug-likeness (QED) is 0.823. The van der Waals surface area contributed by atoms with E-state index in [1.54, 1.807) is 4.90 Å². The van der Waals surface area contributed by atoms with Gasteiger partial charge in [-0.2, -0.15) is 0 Å². The second kappa shape index (κ2) is 8.21. The summed E-state index contributed by atoms with van der Waals surface area (Å²) in [5.74, 6) is -0.0936. The number of hydrogen-bond acceptors (Lipinski definition) is 4. The fraction of sp³-hybridized carbons (Fsp3) is 0.385. The number of aromatic nitrogens is 1. The zero-order valence-electron chi connectivity index (χ0n) is 11.1. The van der Waals surface area contributed by atoms with E-state index < -0.39 is 6.04 Å². The van der Waals surface area contributed by atoms with Crippen LogP contribution in [-0.4, -0.2) is 47.1 Å². The maximum atomic E-state index is 12.0. The van der Waals surface area contributed by atoms with Crippen LogP contribution in [0.4, 0.5) is 0 Å². The number of nitrogens with two attached hydrogens (primary N) is 1. The third-order valence-corrected chi connectivity index (χ3v) is 3.47. The van der Waals surface area contributed by atoms with E-state index in [-0.39, 0.29) is 5.91 Å². The molecule has 0 bridgehead atoms. The molecule has 20 heavy (non-hydrogen) atoms. The van der Waals surface area contributed by atoms with Gasteiger partial charge >= 0.3 is 0 Å². The summed E-state index contributed by atoms with van der Waals surface area (Å²) < 4.78 is 0. The number of aliphatic hydroxyl groups excluding tert-OH is 1. The fourth-order valence-electron chi connectivity index (χ4n) is 1.83. The smallest absolute Gasteiger partial charge is 0.240 e. The molecule has 2 rings (SSSR count). The molecule has 1 atom stereocenters. The zero-order chi connectivity index (χ0) is 15.1. The first-order valence-corrected chi connectivity index (χ1v) is 6.77. The van der Waals surface area contributed by atoms with Gasteiger partial charge in [0.15, 0.2) is 0 Å². The van der Waals surface area contributed by atoms with Gasteiger partial charge in [0.2, 0.25) is 5.91 Å². The number of amides is 1. The van der Waals surface area contributed by atoms with Gasteiger partial charge in [-0.1, -0.05) is 35.4 Å². The maximum absolute atomic E-state index is 12.0. The zero-order valence-corrected chi connectivity index (χ0v) is 12.6. The predicted molar refractivity (Wildman–Crippen MR) is 79.8 cm³/mol. The van der Waals surface area contributed by atoms with Crippen LogP contribution in [0.2, 0.25) is 10.0 Å². The molecule has 1 aliphatic rings. The second-order valence-corrected chi connectivity index (χ2v) is 4.92. The van der Waals surface area contributed by atoms with Crippen molar-refractivity contribution in [2.24, 2.45) is 5.73 Å². The fourth-order valence-corrected chi connectivity index (χ4v) is 2.35. The largest absolute Gasteiger partial charge is 0.400 e. The standard InChI is InChI=1S/C12H13Cl2N3O.CH4O/c13-9-6-16-7-10(14)8(9)5-11(15)12(18)17-3-1-2-4-17;1-2/h1-2,6-7,11H,3-5,15H2;2H,1H3. The Bertz CT molecular complexity index is 466. The number of aliphatic hydroxyl groups is 1. The number of pyridine rings is 1. The minimum Gasteiger partial charge on any atom is -0.400 e. The lowest BCUT2D eigenvalue weighted by atomic mass is 10.1. The number of rotatable bonds is 3. The number of carbonyl (C=O) groups excluding carboxylic acids is 1. The van der Waals surface area contributed by atoms with Gasteiger partial charge in [-0.3, -0.25) is 9.78 Å². The Kier molecular flexibility index (Phi) is 6.95. The summed E-state index contributed by atoms with van der Waals surface area (Å²) in [6, 6.07) is -0.637. The molecule has 1 aliphatic heterocycles. The normalized spacial score (nSPS) is 14.8. The van der Waals surface area contributed by atoms with Crippen molar-refractivity contribution in [1.82, 2.24) is 9.88 Å². The molecule has 1 amide bonds. The Morgan fingerprint density at radius 2 is 1.85 bits per heavy atom. The summed E-state index contributed by atoms with van der Waals surface area (Å²) in [7, 11) is 1.00. The van der Waals surface area contributed by atoms with Crippen LogP contribution < -0.4 is 5.73 Å². The average molecular weight is 318 g/mol. The minimum atomic E-state index is -0.637. The lowest BCUT2D eigenvalue weighted by Gasteiger charge is -2.20. The molecule has 1 unspecified atom stereocenters. The molecule has 0 radical (unpaired) electrons. The molecule has 0 saturated carbocycles. The van der Waals surface area contributed by atoms with Crippen molar-refractivity contribution in [1.29, 1.82) is 0 Å². The van der Waals surface area contributed by atoms with E-state index in [1.165, 1.54) is 12.4 Å². The van der Waals surface area contributed by atoms with Crippen molar-refractivity contribution < 1.29 is 9.90 Å². The molecular formula is C13H17Cl2N3O2. The van der Waals surface area contributed by atoms with E-state index in [1.807, 2.05) is 12.2 Å². The molecule has 0 fully saturated rings. The highest BCUT2D eigenvalue weighted by atomic mass is 35.5. The maximum Gasteiger partial charge on any atom is 0.240 e. The highest BCUT2D eigenvalue weighted by Crippen LogP contribution is 2.24. The molecule has 7 heteroatoms. The number of carbonyl (C=O) groups is 1. The first-order chi connectivity index (χ1) is 9.59. The first kappa shape index (κ1) is 16.9. The van der Waals surface area contributed by atoms with Crippen LogP contribution in [0.15, 0.2) is 24.5 Å². The third kappa shape index (κ3) is 4.18. The lowest BCUT2D eigenvalue weighted by Crippen LogP contribution is -2.43. The van der Waals surface area contributed by atoms with Crippen molar-refractivity contribution in [2.75, 3.05) is 20.2 Å². The van der Waals surface area contributed by atoms with E-state index in [0.717, 1.165) is 7.11 Å². The average Bonchev–Trinajstić information content (AvgIpc) is 2.98. The Morgan fingerprint density at radius 1 is 1.35 bits per heavy atom. The first-order valence-electron chi connectivity index (χ1n) is 6.01. The van der Waals surface area contributed by atoms with Gasteiger partial charge < -0.3 is 15.7 Å². The third-order valence-electron chi connectivity index (χ3n) is 2.82. The van der Waals surface area contributed by atoms with Gasteiger partial charge in [0, 0.05) is 32.6 Å². The molecule has 2 heterocycles. The van der Waals surface area contributed by atoms with Gasteiger partial charge in [-0.25, -0.2) is 0 Å². The van der Waals surface area contributed by atoms with Crippen LogP contribution >= 0.6 is 23.2 Å². The Morgan fingerprint density at radius 3 is 2.35 bits per heavy atom. The van der Waals surface area contributed by atoms with Crippen molar-refractivity contribution in [3.05, 3.63) is 40.2 Å². The molecule has 0 saturated heterocycles. The van der Waals surface area contributed by atoms with Crippen molar-refractivity contribution in [2.45, 2.75) is 12.5 Å². The Labute approximate surface area is 128 Å². The van der Waals surface area contributed by atoms with Crippen LogP contribution in [0.25, 0.3) is 0 Å². The summed E-state index contributed by atoms with van der Waals surface area (Å²) in [4.78, 5) is 17.6. The highest BCUT2D eigenvalue weighted by Gasteiger charge is 2.23. The van der Waals surface area contributed by atoms with E-state index in [0.29, 0.717) is 35.1 Å². The van der Waals surface area contributed by atoms with E-state index >= 15 is 0 Å². The minimum absolute atomic E-state index is 0.0936. The number of halogens is 2. The second-order valence-electron chi connectivity index (χ2n) is 4.11. The summed E-state index contributed by atoms with van der Waals surface area (Å²) in [6.07, 6.45) is 7.19. The van der Waals surface area contributed by atoms with Crippen LogP contribution in [0, 0.1) is 0 Å². The van der Waals surface area contributed by atoms with E-state index in [9.17, 15) is 4.79 Å². The predicted octanol–water partition coefficient (Wildman–Crippen LogP) is 1.27. The lowest BCUT2D eigenvalue weighted by molar-refractivity contribution is -0.131. The number of nitrogens with zero attached hydrogens (tertiary/aromatic N) is 2. The van der Waals surface area contributed by atoms with E-state index in [4.69, 9.17) is 34.0 Å². The van der Waals surface area contributed by atoms with Gasteiger partial charge in [-0.15, -0.1) is 0 Å². The SMILES string of the molecule is CO.NC(Cc1c(Cl)cncc1Cl)C(=O)N1CC=CC1. The molecule has 0 spiro atoms. The van der Waals surface area contributed by atoms with Crippen molar-refractivity contribution >= 4 is 29.1 Å². The highest BCUT2D eigenvalue weighted by molar-refractivity contribution is 6.35. The molecule has 0 aromatic carbocycles. The van der Waals surface area contributed by atoms with Crippen LogP contribution in [0.5, 0.6) is 0 Å². The molecule has 0 aliphatic carbocycles. The van der Waals surface area contributed by atoms with Crippen LogP contribution in [0.1, 0.15) is 5.56 Å². The van der Waals surface area contributed by atoms with Gasteiger partial charge in [-0.05, 0) is 12.0 Å². The summed E-state index contributed by atoms with van der Waals surface area (Å²) >= 11 is 12.0. The van der Waals surface area contributed by atoms with Crippen molar-refractivity contribution in [3.63, 3.8) is 0 Å². The van der Waals surface area contributed by atoms with Gasteiger partial charge in [0.1, 0.15) is 0 Å². The molecule has 110 valence electrons. The molecule has 3 N–H and O–H groups in total. The molecule has 1 aromatic heterocycles. The topological polar surface area (TPSA) is 79.5 Å². The summed E-state index contributed by atoms with van der Waals surface area (Å²) in [6.45, 7) is 1.23. The molecular weight excluding hydrogens is 301 g/mol. The number of hydrogen-bond donors (Lipinski definition) is 2. The van der Waals surface area contributed by atoms with Crippen LogP contribution in [0.3, 0.4) is 0 Å².